The Morgan fingerprint density at radius 3 is 2.66 bits per heavy atom. The smallest absolute Gasteiger partial charge is 0.276 e. The number of pyridine rings is 1. The Kier molecular flexibility index (Phi) is 5.31. The maximum absolute atomic E-state index is 13.8. The lowest BCUT2D eigenvalue weighted by molar-refractivity contribution is 0.0982. The summed E-state index contributed by atoms with van der Waals surface area (Å²) in [6, 6.07) is 25.2. The SMILES string of the molecule is O=Cc1cc2c(s1)-c1ccccc1N(C(=O)c1cccc(-c3cn[nH]c3-c3ccccc3)n1)CC2. The average Bonchev–Trinajstić information content (AvgIpc) is 3.54. The predicted molar refractivity (Wildman–Crippen MR) is 138 cm³/mol. The van der Waals surface area contributed by atoms with Gasteiger partial charge in [-0.25, -0.2) is 4.98 Å². The summed E-state index contributed by atoms with van der Waals surface area (Å²) >= 11 is 1.47. The lowest BCUT2D eigenvalue weighted by Gasteiger charge is -2.22. The van der Waals surface area contributed by atoms with Gasteiger partial charge in [-0.15, -0.1) is 11.3 Å². The second-order valence-corrected chi connectivity index (χ2v) is 9.36. The second-order valence-electron chi connectivity index (χ2n) is 8.28. The van der Waals surface area contributed by atoms with E-state index in [4.69, 9.17) is 4.98 Å². The van der Waals surface area contributed by atoms with Gasteiger partial charge in [-0.3, -0.25) is 14.7 Å². The van der Waals surface area contributed by atoms with Crippen LogP contribution >= 0.6 is 11.3 Å². The van der Waals surface area contributed by atoms with Gasteiger partial charge in [0.1, 0.15) is 5.69 Å². The molecule has 1 aliphatic rings. The molecule has 3 aromatic heterocycles. The van der Waals surface area contributed by atoms with Crippen LogP contribution in [0.4, 0.5) is 5.69 Å². The minimum atomic E-state index is -0.158. The number of nitrogens with zero attached hydrogens (tertiary/aromatic N) is 3. The van der Waals surface area contributed by atoms with Gasteiger partial charge in [0.25, 0.3) is 5.91 Å². The summed E-state index contributed by atoms with van der Waals surface area (Å²) < 4.78 is 0. The molecule has 0 spiro atoms. The van der Waals surface area contributed by atoms with E-state index in [2.05, 4.69) is 10.2 Å². The number of hydrogen-bond donors (Lipinski definition) is 1. The number of fused-ring (bicyclic) bond motifs is 3. The quantitative estimate of drug-likeness (QED) is 0.329. The van der Waals surface area contributed by atoms with Crippen LogP contribution in [0.5, 0.6) is 0 Å². The Bertz CT molecular complexity index is 1550. The molecule has 0 radical (unpaired) electrons. The van der Waals surface area contributed by atoms with Crippen LogP contribution in [0.2, 0.25) is 0 Å². The maximum Gasteiger partial charge on any atom is 0.276 e. The summed E-state index contributed by atoms with van der Waals surface area (Å²) in [5, 5.41) is 7.29. The third-order valence-electron chi connectivity index (χ3n) is 6.18. The van der Waals surface area contributed by atoms with Crippen LogP contribution in [0.25, 0.3) is 33.0 Å². The molecule has 1 amide bonds. The zero-order valence-electron chi connectivity index (χ0n) is 18.6. The second kappa shape index (κ2) is 8.77. The van der Waals surface area contributed by atoms with Crippen molar-refractivity contribution < 1.29 is 9.59 Å². The summed E-state index contributed by atoms with van der Waals surface area (Å²) in [4.78, 5) is 33.4. The normalized spacial score (nSPS) is 12.5. The molecular formula is C28H20N4O2S. The third kappa shape index (κ3) is 3.76. The van der Waals surface area contributed by atoms with Crippen LogP contribution in [-0.2, 0) is 6.42 Å². The Morgan fingerprint density at radius 1 is 0.971 bits per heavy atom. The van der Waals surface area contributed by atoms with E-state index < -0.39 is 0 Å². The number of amides is 1. The molecule has 0 unspecified atom stereocenters. The van der Waals surface area contributed by atoms with E-state index in [1.54, 1.807) is 17.2 Å². The maximum atomic E-state index is 13.8. The number of rotatable bonds is 4. The molecule has 1 N–H and O–H groups in total. The van der Waals surface area contributed by atoms with Crippen LogP contribution in [0.15, 0.2) is 85.1 Å². The number of carbonyl (C=O) groups excluding carboxylic acids is 2. The number of aromatic amines is 1. The molecule has 0 fully saturated rings. The van der Waals surface area contributed by atoms with Gasteiger partial charge < -0.3 is 4.90 Å². The van der Waals surface area contributed by atoms with E-state index in [9.17, 15) is 9.59 Å². The van der Waals surface area contributed by atoms with Crippen molar-refractivity contribution in [2.75, 3.05) is 11.4 Å². The number of nitrogens with one attached hydrogen (secondary N) is 1. The van der Waals surface area contributed by atoms with E-state index in [1.165, 1.54) is 11.3 Å². The van der Waals surface area contributed by atoms with Crippen molar-refractivity contribution in [1.82, 2.24) is 15.2 Å². The molecule has 2 aromatic carbocycles. The Hall–Kier alpha value is -4.36. The van der Waals surface area contributed by atoms with Crippen molar-refractivity contribution in [2.45, 2.75) is 6.42 Å². The monoisotopic (exact) mass is 476 g/mol. The number of aldehydes is 1. The van der Waals surface area contributed by atoms with Gasteiger partial charge in [-0.1, -0.05) is 54.6 Å². The average molecular weight is 477 g/mol. The van der Waals surface area contributed by atoms with Crippen LogP contribution in [-0.4, -0.2) is 33.9 Å². The van der Waals surface area contributed by atoms with Crippen molar-refractivity contribution in [3.63, 3.8) is 0 Å². The molecule has 0 saturated carbocycles. The summed E-state index contributed by atoms with van der Waals surface area (Å²) in [5.74, 6) is -0.158. The lowest BCUT2D eigenvalue weighted by atomic mass is 10.1. The third-order valence-corrected chi connectivity index (χ3v) is 7.32. The molecule has 170 valence electrons. The highest BCUT2D eigenvalue weighted by atomic mass is 32.1. The highest BCUT2D eigenvalue weighted by molar-refractivity contribution is 7.17. The first-order chi connectivity index (χ1) is 17.2. The van der Waals surface area contributed by atoms with Gasteiger partial charge in [-0.2, -0.15) is 5.10 Å². The summed E-state index contributed by atoms with van der Waals surface area (Å²) in [6.07, 6.45) is 3.29. The standard InChI is InChI=1S/C28H20N4O2S/c33-17-20-15-19-13-14-32(25-12-5-4-9-21(25)27(19)35-20)28(34)24-11-6-10-23(30-24)22-16-29-31-26(22)18-7-2-1-3-8-18/h1-12,15-17H,13-14H2,(H,29,31). The van der Waals surface area contributed by atoms with Gasteiger partial charge in [0.2, 0.25) is 0 Å². The van der Waals surface area contributed by atoms with E-state index >= 15 is 0 Å². The number of anilines is 1. The van der Waals surface area contributed by atoms with Crippen molar-refractivity contribution in [3.8, 4) is 33.0 Å². The molecule has 7 heteroatoms. The number of para-hydroxylation sites is 1. The van der Waals surface area contributed by atoms with Crippen molar-refractivity contribution in [2.24, 2.45) is 0 Å². The molecule has 0 atom stereocenters. The van der Waals surface area contributed by atoms with E-state index in [-0.39, 0.29) is 5.91 Å². The number of carbonyl (C=O) groups is 2. The fourth-order valence-corrected chi connectivity index (χ4v) is 5.59. The molecule has 0 saturated heterocycles. The summed E-state index contributed by atoms with van der Waals surface area (Å²) in [6.45, 7) is 0.505. The van der Waals surface area contributed by atoms with Crippen LogP contribution in [0, 0.1) is 0 Å². The zero-order chi connectivity index (χ0) is 23.8. The number of benzene rings is 2. The van der Waals surface area contributed by atoms with Gasteiger partial charge in [-0.05, 0) is 36.2 Å². The molecule has 0 bridgehead atoms. The summed E-state index contributed by atoms with van der Waals surface area (Å²) in [5.41, 5.74) is 6.63. The van der Waals surface area contributed by atoms with Gasteiger partial charge in [0.05, 0.1) is 28.1 Å². The topological polar surface area (TPSA) is 79.0 Å². The minimum Gasteiger partial charge on any atom is -0.306 e. The number of thiophene rings is 1. The molecule has 6 rings (SSSR count). The van der Waals surface area contributed by atoms with E-state index in [0.717, 1.165) is 44.8 Å². The van der Waals surface area contributed by atoms with Crippen LogP contribution < -0.4 is 4.90 Å². The molecule has 1 aliphatic heterocycles. The minimum absolute atomic E-state index is 0.158. The van der Waals surface area contributed by atoms with Gasteiger partial charge >= 0.3 is 0 Å². The predicted octanol–water partition coefficient (Wildman–Crippen LogP) is 5.88. The number of hydrogen-bond acceptors (Lipinski definition) is 5. The number of aromatic nitrogens is 3. The van der Waals surface area contributed by atoms with E-state index in [0.29, 0.717) is 29.2 Å². The molecule has 6 nitrogen and oxygen atoms in total. The van der Waals surface area contributed by atoms with Gasteiger partial charge in [0.15, 0.2) is 6.29 Å². The van der Waals surface area contributed by atoms with E-state index in [1.807, 2.05) is 72.8 Å². The summed E-state index contributed by atoms with van der Waals surface area (Å²) in [7, 11) is 0. The lowest BCUT2D eigenvalue weighted by Crippen LogP contribution is -2.33. The van der Waals surface area contributed by atoms with Crippen LogP contribution in [0.3, 0.4) is 0 Å². The first-order valence-electron chi connectivity index (χ1n) is 11.3. The molecular weight excluding hydrogens is 456 g/mol. The molecule has 5 aromatic rings. The Balaban J connectivity index is 1.38. The van der Waals surface area contributed by atoms with Crippen molar-refractivity contribution in [3.05, 3.63) is 101 Å². The largest absolute Gasteiger partial charge is 0.306 e. The van der Waals surface area contributed by atoms with Crippen LogP contribution in [0.1, 0.15) is 25.7 Å². The molecule has 35 heavy (non-hydrogen) atoms. The van der Waals surface area contributed by atoms with Crippen molar-refractivity contribution in [1.29, 1.82) is 0 Å². The fourth-order valence-electron chi connectivity index (χ4n) is 4.53. The zero-order valence-corrected chi connectivity index (χ0v) is 19.5. The highest BCUT2D eigenvalue weighted by Gasteiger charge is 2.27. The molecule has 4 heterocycles. The Labute approximate surface area is 205 Å². The highest BCUT2D eigenvalue weighted by Crippen LogP contribution is 2.41. The van der Waals surface area contributed by atoms with Gasteiger partial charge in [0, 0.05) is 28.1 Å². The van der Waals surface area contributed by atoms with Crippen molar-refractivity contribution >= 4 is 29.2 Å². The first-order valence-corrected chi connectivity index (χ1v) is 12.1. The first kappa shape index (κ1) is 21.2. The Morgan fingerprint density at radius 2 is 1.80 bits per heavy atom. The fraction of sp³-hybridized carbons (Fsp3) is 0.0714. The molecule has 0 aliphatic carbocycles. The number of H-pyrrole nitrogens is 1.